The van der Waals surface area contributed by atoms with E-state index in [4.69, 9.17) is 5.84 Å². The standard InChI is InChI=1S/C13H13N3O2/c14-15-13(18)11-4-1-3-10(7-11)8-16-6-2-5-12(16)9-17/h1-7,9H,8,14H2,(H,15,18). The van der Waals surface area contributed by atoms with Gasteiger partial charge in [-0.1, -0.05) is 12.1 Å². The molecule has 18 heavy (non-hydrogen) atoms. The molecule has 5 heteroatoms. The van der Waals surface area contributed by atoms with Crippen LogP contribution in [0.4, 0.5) is 0 Å². The summed E-state index contributed by atoms with van der Waals surface area (Å²) in [6, 6.07) is 10.6. The van der Waals surface area contributed by atoms with Crippen molar-refractivity contribution in [1.82, 2.24) is 9.99 Å². The molecular weight excluding hydrogens is 230 g/mol. The summed E-state index contributed by atoms with van der Waals surface area (Å²) in [5, 5.41) is 0. The summed E-state index contributed by atoms with van der Waals surface area (Å²) in [4.78, 5) is 22.2. The Bertz CT molecular complexity index is 575. The van der Waals surface area contributed by atoms with Gasteiger partial charge in [-0.05, 0) is 29.8 Å². The molecule has 0 aliphatic rings. The lowest BCUT2D eigenvalue weighted by Gasteiger charge is -2.07. The van der Waals surface area contributed by atoms with Gasteiger partial charge in [-0.25, -0.2) is 5.84 Å². The number of nitrogen functional groups attached to an aromatic ring is 1. The predicted molar refractivity (Wildman–Crippen MR) is 67.0 cm³/mol. The number of hydrogen-bond donors (Lipinski definition) is 2. The number of benzene rings is 1. The van der Waals surface area contributed by atoms with E-state index in [0.29, 0.717) is 17.8 Å². The van der Waals surface area contributed by atoms with Crippen molar-refractivity contribution in [2.75, 3.05) is 0 Å². The number of rotatable bonds is 4. The first-order valence-corrected chi connectivity index (χ1v) is 5.45. The maximum atomic E-state index is 11.4. The highest BCUT2D eigenvalue weighted by Crippen LogP contribution is 2.09. The van der Waals surface area contributed by atoms with Crippen LogP contribution < -0.4 is 11.3 Å². The molecule has 0 unspecified atom stereocenters. The Balaban J connectivity index is 2.24. The first kappa shape index (κ1) is 12.1. The molecule has 1 aromatic heterocycles. The Morgan fingerprint density at radius 1 is 1.33 bits per heavy atom. The van der Waals surface area contributed by atoms with E-state index in [0.717, 1.165) is 11.8 Å². The number of carbonyl (C=O) groups is 2. The van der Waals surface area contributed by atoms with Crippen LogP contribution in [0.3, 0.4) is 0 Å². The van der Waals surface area contributed by atoms with Crippen LogP contribution in [-0.4, -0.2) is 16.8 Å². The van der Waals surface area contributed by atoms with Crippen molar-refractivity contribution in [3.8, 4) is 0 Å². The number of nitrogens with zero attached hydrogens (tertiary/aromatic N) is 1. The predicted octanol–water partition coefficient (Wildman–Crippen LogP) is 0.952. The number of hydrazine groups is 1. The molecule has 1 aromatic carbocycles. The van der Waals surface area contributed by atoms with Crippen LogP contribution in [0.5, 0.6) is 0 Å². The van der Waals surface area contributed by atoms with Gasteiger partial charge in [-0.3, -0.25) is 15.0 Å². The number of aromatic nitrogens is 1. The van der Waals surface area contributed by atoms with Crippen LogP contribution >= 0.6 is 0 Å². The molecule has 0 saturated carbocycles. The molecule has 3 N–H and O–H groups in total. The van der Waals surface area contributed by atoms with Crippen molar-refractivity contribution >= 4 is 12.2 Å². The second-order valence-electron chi connectivity index (χ2n) is 3.85. The maximum absolute atomic E-state index is 11.4. The lowest BCUT2D eigenvalue weighted by atomic mass is 10.1. The Hall–Kier alpha value is -2.40. The van der Waals surface area contributed by atoms with E-state index in [1.807, 2.05) is 16.8 Å². The SMILES string of the molecule is NNC(=O)c1cccc(Cn2cccc2C=O)c1. The zero-order valence-corrected chi connectivity index (χ0v) is 9.67. The fourth-order valence-electron chi connectivity index (χ4n) is 1.77. The van der Waals surface area contributed by atoms with E-state index in [1.165, 1.54) is 0 Å². The van der Waals surface area contributed by atoms with Gasteiger partial charge < -0.3 is 4.57 Å². The Kier molecular flexibility index (Phi) is 3.54. The van der Waals surface area contributed by atoms with Crippen LogP contribution in [-0.2, 0) is 6.54 Å². The average Bonchev–Trinajstić information content (AvgIpc) is 2.85. The molecule has 0 spiro atoms. The van der Waals surface area contributed by atoms with E-state index >= 15 is 0 Å². The van der Waals surface area contributed by atoms with Crippen molar-refractivity contribution in [2.45, 2.75) is 6.54 Å². The van der Waals surface area contributed by atoms with Crippen molar-refractivity contribution < 1.29 is 9.59 Å². The topological polar surface area (TPSA) is 77.1 Å². The Labute approximate surface area is 104 Å². The minimum absolute atomic E-state index is 0.333. The normalized spacial score (nSPS) is 10.1. The molecule has 1 heterocycles. The van der Waals surface area contributed by atoms with E-state index in [1.54, 1.807) is 30.3 Å². The molecular formula is C13H13N3O2. The van der Waals surface area contributed by atoms with Gasteiger partial charge in [0.2, 0.25) is 0 Å². The molecule has 0 saturated heterocycles. The molecule has 2 rings (SSSR count). The number of amides is 1. The third-order valence-electron chi connectivity index (χ3n) is 2.66. The third-order valence-corrected chi connectivity index (χ3v) is 2.66. The highest BCUT2D eigenvalue weighted by Gasteiger charge is 2.05. The molecule has 0 radical (unpaired) electrons. The van der Waals surface area contributed by atoms with Gasteiger partial charge >= 0.3 is 0 Å². The molecule has 5 nitrogen and oxygen atoms in total. The van der Waals surface area contributed by atoms with Gasteiger partial charge in [-0.15, -0.1) is 0 Å². The van der Waals surface area contributed by atoms with E-state index < -0.39 is 0 Å². The molecule has 2 aromatic rings. The van der Waals surface area contributed by atoms with Crippen LogP contribution in [0.15, 0.2) is 42.6 Å². The minimum atomic E-state index is -0.333. The highest BCUT2D eigenvalue weighted by molar-refractivity contribution is 5.93. The lowest BCUT2D eigenvalue weighted by Crippen LogP contribution is -2.30. The van der Waals surface area contributed by atoms with Crippen LogP contribution in [0.1, 0.15) is 26.4 Å². The van der Waals surface area contributed by atoms with E-state index in [2.05, 4.69) is 5.43 Å². The summed E-state index contributed by atoms with van der Waals surface area (Å²) in [6.07, 6.45) is 2.62. The second kappa shape index (κ2) is 5.29. The zero-order valence-electron chi connectivity index (χ0n) is 9.67. The summed E-state index contributed by atoms with van der Waals surface area (Å²) in [7, 11) is 0. The second-order valence-corrected chi connectivity index (χ2v) is 3.85. The van der Waals surface area contributed by atoms with Gasteiger partial charge in [-0.2, -0.15) is 0 Å². The summed E-state index contributed by atoms with van der Waals surface area (Å²) in [5.41, 5.74) is 4.11. The molecule has 0 aliphatic heterocycles. The highest BCUT2D eigenvalue weighted by atomic mass is 16.2. The van der Waals surface area contributed by atoms with Crippen molar-refractivity contribution in [1.29, 1.82) is 0 Å². The number of hydrogen-bond acceptors (Lipinski definition) is 3. The zero-order chi connectivity index (χ0) is 13.0. The molecule has 0 bridgehead atoms. The van der Waals surface area contributed by atoms with E-state index in [9.17, 15) is 9.59 Å². The summed E-state index contributed by atoms with van der Waals surface area (Å²) >= 11 is 0. The van der Waals surface area contributed by atoms with Crippen LogP contribution in [0.2, 0.25) is 0 Å². The fourth-order valence-corrected chi connectivity index (χ4v) is 1.77. The lowest BCUT2D eigenvalue weighted by molar-refractivity contribution is 0.0953. The summed E-state index contributed by atoms with van der Waals surface area (Å²) in [6.45, 7) is 0.534. The smallest absolute Gasteiger partial charge is 0.265 e. The van der Waals surface area contributed by atoms with Gasteiger partial charge in [0.25, 0.3) is 5.91 Å². The third kappa shape index (κ3) is 2.46. The van der Waals surface area contributed by atoms with Crippen LogP contribution in [0, 0.1) is 0 Å². The fraction of sp³-hybridized carbons (Fsp3) is 0.0769. The van der Waals surface area contributed by atoms with Gasteiger partial charge in [0.15, 0.2) is 6.29 Å². The quantitative estimate of drug-likeness (QED) is 0.363. The van der Waals surface area contributed by atoms with Crippen molar-refractivity contribution in [2.24, 2.45) is 5.84 Å². The number of nitrogens with one attached hydrogen (secondary N) is 1. The first-order valence-electron chi connectivity index (χ1n) is 5.45. The van der Waals surface area contributed by atoms with Crippen molar-refractivity contribution in [3.63, 3.8) is 0 Å². The number of nitrogens with two attached hydrogens (primary N) is 1. The molecule has 1 amide bonds. The van der Waals surface area contributed by atoms with Gasteiger partial charge in [0, 0.05) is 18.3 Å². The molecule has 92 valence electrons. The minimum Gasteiger partial charge on any atom is -0.341 e. The molecule has 0 fully saturated rings. The Morgan fingerprint density at radius 2 is 2.17 bits per heavy atom. The van der Waals surface area contributed by atoms with E-state index in [-0.39, 0.29) is 5.91 Å². The number of aldehydes is 1. The Morgan fingerprint density at radius 3 is 2.89 bits per heavy atom. The molecule has 0 aliphatic carbocycles. The maximum Gasteiger partial charge on any atom is 0.265 e. The monoisotopic (exact) mass is 243 g/mol. The summed E-state index contributed by atoms with van der Waals surface area (Å²) in [5.74, 6) is 4.75. The van der Waals surface area contributed by atoms with Gasteiger partial charge in [0.05, 0.1) is 5.69 Å². The first-order chi connectivity index (χ1) is 8.74. The van der Waals surface area contributed by atoms with Crippen molar-refractivity contribution in [3.05, 3.63) is 59.4 Å². The van der Waals surface area contributed by atoms with Gasteiger partial charge in [0.1, 0.15) is 0 Å². The largest absolute Gasteiger partial charge is 0.341 e. The summed E-state index contributed by atoms with van der Waals surface area (Å²) < 4.78 is 1.81. The molecule has 0 atom stereocenters. The van der Waals surface area contributed by atoms with Crippen LogP contribution in [0.25, 0.3) is 0 Å². The number of carbonyl (C=O) groups excluding carboxylic acids is 2. The average molecular weight is 243 g/mol.